The Morgan fingerprint density at radius 2 is 2.06 bits per heavy atom. The van der Waals surface area contributed by atoms with Gasteiger partial charge in [-0.05, 0) is 12.5 Å². The van der Waals surface area contributed by atoms with E-state index in [9.17, 15) is 14.9 Å². The van der Waals surface area contributed by atoms with Crippen LogP contribution in [0.25, 0.3) is 0 Å². The van der Waals surface area contributed by atoms with Crippen LogP contribution in [0.5, 0.6) is 0 Å². The number of aliphatic carboxylic acids is 1. The summed E-state index contributed by atoms with van der Waals surface area (Å²) in [6.07, 6.45) is 0. The Balaban J connectivity index is 2.77. The molecule has 0 aliphatic carbocycles. The molecule has 0 saturated heterocycles. The van der Waals surface area contributed by atoms with Crippen molar-refractivity contribution in [2.45, 2.75) is 12.2 Å². The van der Waals surface area contributed by atoms with Gasteiger partial charge in [0.05, 0.1) is 11.0 Å². The van der Waals surface area contributed by atoms with Crippen molar-refractivity contribution in [2.75, 3.05) is 12.3 Å². The summed E-state index contributed by atoms with van der Waals surface area (Å²) >= 11 is 1.08. The zero-order valence-corrected chi connectivity index (χ0v) is 10.1. The minimum Gasteiger partial charge on any atom is -0.481 e. The summed E-state index contributed by atoms with van der Waals surface area (Å²) in [6.45, 7) is 1.66. The fourth-order valence-corrected chi connectivity index (χ4v) is 2.26. The third-order valence-corrected chi connectivity index (χ3v) is 3.41. The second kappa shape index (κ2) is 6.24. The number of nitro groups is 1. The molecule has 92 valence electrons. The lowest BCUT2D eigenvalue weighted by Crippen LogP contribution is -2.12. The Bertz CT molecular complexity index is 404. The zero-order valence-electron chi connectivity index (χ0n) is 9.33. The number of hydrogen-bond acceptors (Lipinski definition) is 4. The topological polar surface area (TPSA) is 80.4 Å². The quantitative estimate of drug-likeness (QED) is 0.622. The molecule has 0 heterocycles. The van der Waals surface area contributed by atoms with Crippen LogP contribution in [0.3, 0.4) is 0 Å². The minimum atomic E-state index is -0.963. The van der Waals surface area contributed by atoms with Crippen molar-refractivity contribution in [1.82, 2.24) is 0 Å². The highest BCUT2D eigenvalue weighted by Crippen LogP contribution is 2.29. The number of aryl methyl sites for hydroxylation is 1. The highest BCUT2D eigenvalue weighted by atomic mass is 32.2. The van der Waals surface area contributed by atoms with E-state index in [-0.39, 0.29) is 12.3 Å². The van der Waals surface area contributed by atoms with E-state index in [0.29, 0.717) is 0 Å². The number of thioether (sulfide) groups is 1. The molecule has 1 atom stereocenters. The SMILES string of the molecule is Cc1ccc(C(C[N+](=O)[O-])SCC(=O)O)cc1. The third-order valence-electron chi connectivity index (χ3n) is 2.17. The second-order valence-electron chi connectivity index (χ2n) is 3.62. The van der Waals surface area contributed by atoms with Crippen molar-refractivity contribution in [1.29, 1.82) is 0 Å². The van der Waals surface area contributed by atoms with Crippen LogP contribution in [0.4, 0.5) is 0 Å². The van der Waals surface area contributed by atoms with Gasteiger partial charge < -0.3 is 5.11 Å². The summed E-state index contributed by atoms with van der Waals surface area (Å²) in [4.78, 5) is 20.6. The van der Waals surface area contributed by atoms with Gasteiger partial charge in [0, 0.05) is 4.92 Å². The molecule has 0 spiro atoms. The van der Waals surface area contributed by atoms with E-state index in [1.165, 1.54) is 0 Å². The van der Waals surface area contributed by atoms with Gasteiger partial charge >= 0.3 is 5.97 Å². The van der Waals surface area contributed by atoms with Crippen LogP contribution < -0.4 is 0 Å². The Kier molecular flexibility index (Phi) is 4.96. The first-order chi connectivity index (χ1) is 7.99. The highest BCUT2D eigenvalue weighted by molar-refractivity contribution is 8.00. The van der Waals surface area contributed by atoms with Gasteiger partial charge in [-0.15, -0.1) is 11.8 Å². The van der Waals surface area contributed by atoms with Crippen LogP contribution in [0, 0.1) is 17.0 Å². The van der Waals surface area contributed by atoms with Crippen molar-refractivity contribution in [2.24, 2.45) is 0 Å². The molecule has 0 radical (unpaired) electrons. The lowest BCUT2D eigenvalue weighted by Gasteiger charge is -2.11. The maximum Gasteiger partial charge on any atom is 0.313 e. The van der Waals surface area contributed by atoms with Crippen LogP contribution in [-0.2, 0) is 4.79 Å². The number of benzene rings is 1. The number of carbonyl (C=O) groups is 1. The van der Waals surface area contributed by atoms with Gasteiger partial charge in [0.15, 0.2) is 0 Å². The van der Waals surface area contributed by atoms with Crippen molar-refractivity contribution < 1.29 is 14.8 Å². The lowest BCUT2D eigenvalue weighted by molar-refractivity contribution is -0.479. The summed E-state index contributed by atoms with van der Waals surface area (Å²) in [7, 11) is 0. The number of nitrogens with zero attached hydrogens (tertiary/aromatic N) is 1. The molecule has 6 heteroatoms. The fraction of sp³-hybridized carbons (Fsp3) is 0.364. The molecule has 1 rings (SSSR count). The predicted octanol–water partition coefficient (Wildman–Crippen LogP) is 2.13. The molecule has 0 aliphatic heterocycles. The minimum absolute atomic E-state index is 0.133. The molecule has 1 aromatic rings. The van der Waals surface area contributed by atoms with E-state index in [4.69, 9.17) is 5.11 Å². The molecule has 0 saturated carbocycles. The first-order valence-electron chi connectivity index (χ1n) is 5.01. The van der Waals surface area contributed by atoms with Crippen LogP contribution in [0.15, 0.2) is 24.3 Å². The number of carboxylic acid groups (broad SMARTS) is 1. The molecule has 0 amide bonds. The maximum absolute atomic E-state index is 10.5. The van der Waals surface area contributed by atoms with Crippen molar-refractivity contribution in [3.05, 3.63) is 45.5 Å². The Labute approximate surface area is 103 Å². The van der Waals surface area contributed by atoms with Gasteiger partial charge in [0.2, 0.25) is 6.54 Å². The van der Waals surface area contributed by atoms with Crippen LogP contribution in [0.1, 0.15) is 16.4 Å². The lowest BCUT2D eigenvalue weighted by atomic mass is 10.1. The fourth-order valence-electron chi connectivity index (χ4n) is 1.34. The van der Waals surface area contributed by atoms with Gasteiger partial charge in [0.1, 0.15) is 0 Å². The van der Waals surface area contributed by atoms with E-state index >= 15 is 0 Å². The van der Waals surface area contributed by atoms with Crippen molar-refractivity contribution in [3.8, 4) is 0 Å². The molecule has 0 aromatic heterocycles. The second-order valence-corrected chi connectivity index (χ2v) is 4.81. The van der Waals surface area contributed by atoms with E-state index in [1.54, 1.807) is 12.1 Å². The van der Waals surface area contributed by atoms with Gasteiger partial charge in [-0.1, -0.05) is 29.8 Å². The van der Waals surface area contributed by atoms with Crippen LogP contribution in [-0.4, -0.2) is 28.3 Å². The van der Waals surface area contributed by atoms with Gasteiger partial charge in [-0.2, -0.15) is 0 Å². The Hall–Kier alpha value is -1.56. The predicted molar refractivity (Wildman–Crippen MR) is 65.9 cm³/mol. The zero-order chi connectivity index (χ0) is 12.8. The monoisotopic (exact) mass is 255 g/mol. The molecule has 0 aliphatic rings. The summed E-state index contributed by atoms with van der Waals surface area (Å²) in [5.41, 5.74) is 1.86. The average Bonchev–Trinajstić information content (AvgIpc) is 2.25. The summed E-state index contributed by atoms with van der Waals surface area (Å²) in [5, 5.41) is 18.7. The van der Waals surface area contributed by atoms with Crippen LogP contribution in [0.2, 0.25) is 0 Å². The first kappa shape index (κ1) is 13.5. The Morgan fingerprint density at radius 3 is 2.53 bits per heavy atom. The van der Waals surface area contributed by atoms with E-state index in [0.717, 1.165) is 22.9 Å². The number of rotatable bonds is 6. The van der Waals surface area contributed by atoms with Crippen molar-refractivity contribution >= 4 is 17.7 Å². The smallest absolute Gasteiger partial charge is 0.313 e. The maximum atomic E-state index is 10.5. The van der Waals surface area contributed by atoms with Crippen molar-refractivity contribution in [3.63, 3.8) is 0 Å². The summed E-state index contributed by atoms with van der Waals surface area (Å²) in [5.74, 6) is -1.10. The first-order valence-corrected chi connectivity index (χ1v) is 6.05. The summed E-state index contributed by atoms with van der Waals surface area (Å²) in [6, 6.07) is 7.34. The molecular weight excluding hydrogens is 242 g/mol. The third kappa shape index (κ3) is 4.86. The van der Waals surface area contributed by atoms with E-state index < -0.39 is 16.1 Å². The summed E-state index contributed by atoms with van der Waals surface area (Å²) < 4.78 is 0. The molecule has 0 fully saturated rings. The molecule has 1 N–H and O–H groups in total. The number of carboxylic acids is 1. The normalized spacial score (nSPS) is 12.1. The molecule has 1 aromatic carbocycles. The van der Waals surface area contributed by atoms with E-state index in [1.807, 2.05) is 19.1 Å². The standard InChI is InChI=1S/C11H13NO4S/c1-8-2-4-9(5-3-8)10(6-12(15)16)17-7-11(13)14/h2-5,10H,6-7H2,1H3,(H,13,14). The highest BCUT2D eigenvalue weighted by Gasteiger charge is 2.19. The molecular formula is C11H13NO4S. The van der Waals surface area contributed by atoms with Gasteiger partial charge in [-0.25, -0.2) is 0 Å². The average molecular weight is 255 g/mol. The van der Waals surface area contributed by atoms with E-state index in [2.05, 4.69) is 0 Å². The van der Waals surface area contributed by atoms with Gasteiger partial charge in [-0.3, -0.25) is 14.9 Å². The molecule has 1 unspecified atom stereocenters. The van der Waals surface area contributed by atoms with Crippen LogP contribution >= 0.6 is 11.8 Å². The molecule has 17 heavy (non-hydrogen) atoms. The molecule has 0 bridgehead atoms. The Morgan fingerprint density at radius 1 is 1.47 bits per heavy atom. The number of hydrogen-bond donors (Lipinski definition) is 1. The molecule has 5 nitrogen and oxygen atoms in total. The largest absolute Gasteiger partial charge is 0.481 e. The van der Waals surface area contributed by atoms with Gasteiger partial charge in [0.25, 0.3) is 0 Å².